The Labute approximate surface area is 114 Å². The molecule has 1 aliphatic rings. The molecule has 0 atom stereocenters. The standard InChI is InChI=1S/C12H14FN3O4/c13-8-1-2-10(11(7-8)16(19)20)15-5-3-9(4-6-15)14-12(17)18/h1-2,7,9,14H,3-6H2,(H,17,18). The van der Waals surface area contributed by atoms with Gasteiger partial charge in [0.05, 0.1) is 11.0 Å². The van der Waals surface area contributed by atoms with E-state index in [4.69, 9.17) is 5.11 Å². The summed E-state index contributed by atoms with van der Waals surface area (Å²) in [4.78, 5) is 22.7. The number of nitrogens with one attached hydrogen (secondary N) is 1. The summed E-state index contributed by atoms with van der Waals surface area (Å²) in [5.41, 5.74) is 0.0971. The number of rotatable bonds is 3. The number of hydrogen-bond donors (Lipinski definition) is 2. The van der Waals surface area contributed by atoms with Crippen molar-refractivity contribution in [3.05, 3.63) is 34.1 Å². The molecule has 108 valence electrons. The third-order valence-electron chi connectivity index (χ3n) is 3.30. The first-order chi connectivity index (χ1) is 9.47. The van der Waals surface area contributed by atoms with Crippen LogP contribution in [0.2, 0.25) is 0 Å². The van der Waals surface area contributed by atoms with Crippen molar-refractivity contribution in [3.8, 4) is 0 Å². The fourth-order valence-electron chi connectivity index (χ4n) is 2.35. The van der Waals surface area contributed by atoms with Gasteiger partial charge in [-0.05, 0) is 25.0 Å². The maximum atomic E-state index is 13.1. The number of carbonyl (C=O) groups is 1. The molecule has 0 aliphatic carbocycles. The van der Waals surface area contributed by atoms with Crippen molar-refractivity contribution in [2.45, 2.75) is 18.9 Å². The summed E-state index contributed by atoms with van der Waals surface area (Å²) in [5, 5.41) is 22.0. The Bertz CT molecular complexity index is 529. The van der Waals surface area contributed by atoms with Crippen LogP contribution in [0.25, 0.3) is 0 Å². The highest BCUT2D eigenvalue weighted by Crippen LogP contribution is 2.30. The van der Waals surface area contributed by atoms with Crippen LogP contribution in [-0.4, -0.2) is 35.3 Å². The molecular formula is C12H14FN3O4. The summed E-state index contributed by atoms with van der Waals surface area (Å²) in [6, 6.07) is 3.32. The van der Waals surface area contributed by atoms with Crippen LogP contribution in [0.15, 0.2) is 18.2 Å². The van der Waals surface area contributed by atoms with Crippen molar-refractivity contribution in [2.75, 3.05) is 18.0 Å². The number of nitro benzene ring substituents is 1. The van der Waals surface area contributed by atoms with Gasteiger partial charge in [0.1, 0.15) is 11.5 Å². The Morgan fingerprint density at radius 1 is 1.45 bits per heavy atom. The highest BCUT2D eigenvalue weighted by molar-refractivity contribution is 5.65. The van der Waals surface area contributed by atoms with Crippen LogP contribution in [0, 0.1) is 15.9 Å². The molecule has 20 heavy (non-hydrogen) atoms. The molecule has 1 aliphatic heterocycles. The quantitative estimate of drug-likeness (QED) is 0.653. The highest BCUT2D eigenvalue weighted by atomic mass is 19.1. The monoisotopic (exact) mass is 283 g/mol. The molecule has 0 aromatic heterocycles. The molecule has 1 amide bonds. The molecule has 0 spiro atoms. The van der Waals surface area contributed by atoms with Crippen molar-refractivity contribution >= 4 is 17.5 Å². The lowest BCUT2D eigenvalue weighted by Crippen LogP contribution is -2.44. The van der Waals surface area contributed by atoms with Gasteiger partial charge in [0.15, 0.2) is 0 Å². The predicted molar refractivity (Wildman–Crippen MR) is 69.4 cm³/mol. The summed E-state index contributed by atoms with van der Waals surface area (Å²) in [5.74, 6) is -0.650. The smallest absolute Gasteiger partial charge is 0.404 e. The van der Waals surface area contributed by atoms with Crippen molar-refractivity contribution in [1.82, 2.24) is 5.32 Å². The Morgan fingerprint density at radius 3 is 2.65 bits per heavy atom. The second kappa shape index (κ2) is 5.72. The normalized spacial score (nSPS) is 15.9. The van der Waals surface area contributed by atoms with E-state index in [1.54, 1.807) is 4.90 Å². The van der Waals surface area contributed by atoms with Gasteiger partial charge in [0, 0.05) is 19.1 Å². The minimum atomic E-state index is -1.07. The van der Waals surface area contributed by atoms with Gasteiger partial charge in [0.2, 0.25) is 0 Å². The van der Waals surface area contributed by atoms with E-state index in [0.717, 1.165) is 6.07 Å². The Hall–Kier alpha value is -2.38. The molecule has 0 bridgehead atoms. The van der Waals surface area contributed by atoms with Crippen molar-refractivity contribution in [3.63, 3.8) is 0 Å². The molecule has 1 fully saturated rings. The van der Waals surface area contributed by atoms with E-state index in [9.17, 15) is 19.3 Å². The topological polar surface area (TPSA) is 95.7 Å². The van der Waals surface area contributed by atoms with Crippen LogP contribution >= 0.6 is 0 Å². The third kappa shape index (κ3) is 3.14. The van der Waals surface area contributed by atoms with Crippen LogP contribution in [0.4, 0.5) is 20.6 Å². The Kier molecular flexibility index (Phi) is 4.02. The molecule has 2 rings (SSSR count). The molecule has 1 aromatic carbocycles. The molecular weight excluding hydrogens is 269 g/mol. The van der Waals surface area contributed by atoms with Crippen molar-refractivity contribution in [1.29, 1.82) is 0 Å². The molecule has 8 heteroatoms. The first-order valence-electron chi connectivity index (χ1n) is 6.15. The zero-order chi connectivity index (χ0) is 14.7. The number of halogens is 1. The Balaban J connectivity index is 2.11. The van der Waals surface area contributed by atoms with Crippen LogP contribution in [0.3, 0.4) is 0 Å². The lowest BCUT2D eigenvalue weighted by atomic mass is 10.0. The van der Waals surface area contributed by atoms with E-state index in [1.165, 1.54) is 12.1 Å². The number of amides is 1. The number of nitrogens with zero attached hydrogens (tertiary/aromatic N) is 2. The van der Waals surface area contributed by atoms with E-state index in [1.807, 2.05) is 0 Å². The first kappa shape index (κ1) is 14.0. The second-order valence-electron chi connectivity index (χ2n) is 4.60. The molecule has 1 heterocycles. The van der Waals surface area contributed by atoms with Gasteiger partial charge < -0.3 is 15.3 Å². The summed E-state index contributed by atoms with van der Waals surface area (Å²) in [6.45, 7) is 0.967. The number of hydrogen-bond acceptors (Lipinski definition) is 4. The summed E-state index contributed by atoms with van der Waals surface area (Å²) >= 11 is 0. The summed E-state index contributed by atoms with van der Waals surface area (Å²) < 4.78 is 13.1. The second-order valence-corrected chi connectivity index (χ2v) is 4.60. The number of nitro groups is 1. The van der Waals surface area contributed by atoms with Crippen molar-refractivity contribution in [2.24, 2.45) is 0 Å². The van der Waals surface area contributed by atoms with Crippen LogP contribution < -0.4 is 10.2 Å². The lowest BCUT2D eigenvalue weighted by Gasteiger charge is -2.33. The van der Waals surface area contributed by atoms with Crippen molar-refractivity contribution < 1.29 is 19.2 Å². The molecule has 7 nitrogen and oxygen atoms in total. The lowest BCUT2D eigenvalue weighted by molar-refractivity contribution is -0.384. The fraction of sp³-hybridized carbons (Fsp3) is 0.417. The predicted octanol–water partition coefficient (Wildman–Crippen LogP) is 1.97. The fourth-order valence-corrected chi connectivity index (χ4v) is 2.35. The highest BCUT2D eigenvalue weighted by Gasteiger charge is 2.25. The van der Waals surface area contributed by atoms with E-state index in [2.05, 4.69) is 5.32 Å². The average Bonchev–Trinajstić information content (AvgIpc) is 2.39. The van der Waals surface area contributed by atoms with E-state index >= 15 is 0 Å². The zero-order valence-electron chi connectivity index (χ0n) is 10.6. The van der Waals surface area contributed by atoms with Gasteiger partial charge >= 0.3 is 6.09 Å². The van der Waals surface area contributed by atoms with Gasteiger partial charge in [-0.2, -0.15) is 0 Å². The maximum Gasteiger partial charge on any atom is 0.404 e. The Morgan fingerprint density at radius 2 is 2.10 bits per heavy atom. The number of carboxylic acid groups (broad SMARTS) is 1. The van der Waals surface area contributed by atoms with E-state index in [-0.39, 0.29) is 11.7 Å². The number of benzene rings is 1. The van der Waals surface area contributed by atoms with Gasteiger partial charge in [-0.1, -0.05) is 0 Å². The van der Waals surface area contributed by atoms with Crippen LogP contribution in [0.1, 0.15) is 12.8 Å². The molecule has 0 unspecified atom stereocenters. The zero-order valence-corrected chi connectivity index (χ0v) is 10.6. The average molecular weight is 283 g/mol. The maximum absolute atomic E-state index is 13.1. The van der Waals surface area contributed by atoms with Crippen LogP contribution in [-0.2, 0) is 0 Å². The third-order valence-corrected chi connectivity index (χ3v) is 3.30. The summed E-state index contributed by atoms with van der Waals surface area (Å²) in [6.07, 6.45) is 0.0398. The van der Waals surface area contributed by atoms with Gasteiger partial charge in [-0.3, -0.25) is 10.1 Å². The summed E-state index contributed by atoms with van der Waals surface area (Å²) in [7, 11) is 0. The molecule has 0 radical (unpaired) electrons. The minimum absolute atomic E-state index is 0.150. The largest absolute Gasteiger partial charge is 0.465 e. The van der Waals surface area contributed by atoms with E-state index < -0.39 is 16.8 Å². The SMILES string of the molecule is O=C(O)NC1CCN(c2ccc(F)cc2[N+](=O)[O-])CC1. The first-order valence-corrected chi connectivity index (χ1v) is 6.15. The molecule has 1 saturated heterocycles. The molecule has 0 saturated carbocycles. The van der Waals surface area contributed by atoms with Gasteiger partial charge in [0.25, 0.3) is 5.69 Å². The van der Waals surface area contributed by atoms with Gasteiger partial charge in [-0.25, -0.2) is 9.18 Å². The molecule has 2 N–H and O–H groups in total. The minimum Gasteiger partial charge on any atom is -0.465 e. The van der Waals surface area contributed by atoms with Crippen LogP contribution in [0.5, 0.6) is 0 Å². The number of piperidine rings is 1. The van der Waals surface area contributed by atoms with Gasteiger partial charge in [-0.15, -0.1) is 0 Å². The number of anilines is 1. The molecule has 1 aromatic rings. The van der Waals surface area contributed by atoms with E-state index in [0.29, 0.717) is 31.6 Å².